The molecule has 2 aliphatic rings. The third-order valence-electron chi connectivity index (χ3n) is 5.36. The van der Waals surface area contributed by atoms with Gasteiger partial charge < -0.3 is 5.73 Å². The van der Waals surface area contributed by atoms with Crippen molar-refractivity contribution in [1.29, 1.82) is 5.26 Å². The van der Waals surface area contributed by atoms with Gasteiger partial charge in [-0.1, -0.05) is 12.1 Å². The molecule has 0 saturated carbocycles. The zero-order valence-electron chi connectivity index (χ0n) is 15.8. The van der Waals surface area contributed by atoms with E-state index < -0.39 is 17.7 Å². The minimum atomic E-state index is -4.53. The van der Waals surface area contributed by atoms with E-state index in [2.05, 4.69) is 11.1 Å². The van der Waals surface area contributed by atoms with Crippen molar-refractivity contribution >= 4 is 11.5 Å². The molecule has 1 aliphatic heterocycles. The molecule has 1 atom stereocenters. The van der Waals surface area contributed by atoms with E-state index in [0.29, 0.717) is 36.1 Å². The summed E-state index contributed by atoms with van der Waals surface area (Å²) in [4.78, 5) is 18.4. The highest BCUT2D eigenvalue weighted by atomic mass is 19.4. The van der Waals surface area contributed by atoms with Gasteiger partial charge in [0.15, 0.2) is 5.78 Å². The number of pyridine rings is 1. The van der Waals surface area contributed by atoms with E-state index in [1.165, 1.54) is 17.0 Å². The minimum Gasteiger partial charge on any atom is -0.384 e. The molecule has 2 N–H and O–H groups in total. The molecule has 1 unspecified atom stereocenters. The third-order valence-corrected chi connectivity index (χ3v) is 5.36. The van der Waals surface area contributed by atoms with Gasteiger partial charge in [0.25, 0.3) is 0 Å². The number of anilines is 1. The lowest BCUT2D eigenvalue weighted by atomic mass is 9.76. The number of carbonyl (C=O) groups excluding carboxylic acids is 1. The predicted molar refractivity (Wildman–Crippen MR) is 104 cm³/mol. The van der Waals surface area contributed by atoms with Gasteiger partial charge in [0.2, 0.25) is 0 Å². The molecule has 5 nitrogen and oxygen atoms in total. The zero-order valence-corrected chi connectivity index (χ0v) is 15.8. The number of Topliss-reactive ketones (excluding diaryl/α,β-unsaturated/α-hetero) is 1. The van der Waals surface area contributed by atoms with Crippen LogP contribution in [0, 0.1) is 11.3 Å². The normalized spacial score (nSPS) is 19.6. The zero-order chi connectivity index (χ0) is 21.5. The topological polar surface area (TPSA) is 83.0 Å². The maximum absolute atomic E-state index is 13.3. The molecule has 4 rings (SSSR count). The van der Waals surface area contributed by atoms with Crippen LogP contribution in [0.3, 0.4) is 0 Å². The Morgan fingerprint density at radius 1 is 1.20 bits per heavy atom. The van der Waals surface area contributed by atoms with E-state index >= 15 is 0 Å². The lowest BCUT2D eigenvalue weighted by Crippen LogP contribution is -2.38. The van der Waals surface area contributed by atoms with Crippen molar-refractivity contribution in [2.75, 3.05) is 4.90 Å². The lowest BCUT2D eigenvalue weighted by Gasteiger charge is -2.39. The van der Waals surface area contributed by atoms with Crippen molar-refractivity contribution in [3.8, 4) is 6.07 Å². The van der Waals surface area contributed by atoms with E-state index in [1.807, 2.05) is 0 Å². The number of alkyl halides is 3. The Labute approximate surface area is 170 Å². The van der Waals surface area contributed by atoms with Crippen molar-refractivity contribution in [3.63, 3.8) is 0 Å². The van der Waals surface area contributed by atoms with Gasteiger partial charge in [0.1, 0.15) is 5.82 Å². The molecule has 0 saturated heterocycles. The molecule has 1 aromatic heterocycles. The first-order valence-electron chi connectivity index (χ1n) is 9.36. The number of nitrogens with two attached hydrogens (primary N) is 1. The minimum absolute atomic E-state index is 0.0270. The molecule has 0 fully saturated rings. The third kappa shape index (κ3) is 3.22. The number of nitriles is 1. The van der Waals surface area contributed by atoms with Crippen molar-refractivity contribution in [3.05, 3.63) is 82.6 Å². The number of ketones is 1. The maximum atomic E-state index is 13.3. The van der Waals surface area contributed by atoms with Crippen LogP contribution in [-0.2, 0) is 11.0 Å². The van der Waals surface area contributed by atoms with Crippen molar-refractivity contribution in [2.45, 2.75) is 31.4 Å². The van der Waals surface area contributed by atoms with E-state index in [9.17, 15) is 23.2 Å². The molecular formula is C22H17F3N4O. The fourth-order valence-corrected chi connectivity index (χ4v) is 4.08. The first-order chi connectivity index (χ1) is 14.3. The van der Waals surface area contributed by atoms with Gasteiger partial charge in [-0.3, -0.25) is 14.7 Å². The van der Waals surface area contributed by atoms with Crippen LogP contribution >= 0.6 is 0 Å². The van der Waals surface area contributed by atoms with Gasteiger partial charge in [0.05, 0.1) is 23.1 Å². The summed E-state index contributed by atoms with van der Waals surface area (Å²) < 4.78 is 39.8. The number of rotatable bonds is 2. The smallest absolute Gasteiger partial charge is 0.384 e. The Kier molecular flexibility index (Phi) is 4.82. The predicted octanol–water partition coefficient (Wildman–Crippen LogP) is 4.41. The Morgan fingerprint density at radius 3 is 2.67 bits per heavy atom. The van der Waals surface area contributed by atoms with Crippen LogP contribution in [0.4, 0.5) is 18.9 Å². The molecule has 0 amide bonds. The molecular weight excluding hydrogens is 393 g/mol. The summed E-state index contributed by atoms with van der Waals surface area (Å²) in [6.07, 6.45) is -0.0412. The van der Waals surface area contributed by atoms with Crippen LogP contribution in [0.15, 0.2) is 71.5 Å². The highest BCUT2D eigenvalue weighted by Crippen LogP contribution is 2.46. The summed E-state index contributed by atoms with van der Waals surface area (Å²) in [6.45, 7) is 0. The number of nitrogens with zero attached hydrogens (tertiary/aromatic N) is 3. The molecule has 1 aromatic carbocycles. The van der Waals surface area contributed by atoms with Crippen LogP contribution < -0.4 is 10.6 Å². The largest absolute Gasteiger partial charge is 0.416 e. The average Bonchev–Trinajstić information content (AvgIpc) is 2.73. The Balaban J connectivity index is 1.95. The monoisotopic (exact) mass is 410 g/mol. The number of hydrogen-bond acceptors (Lipinski definition) is 5. The van der Waals surface area contributed by atoms with Gasteiger partial charge >= 0.3 is 6.18 Å². The van der Waals surface area contributed by atoms with Crippen LogP contribution in [0.25, 0.3) is 0 Å². The maximum Gasteiger partial charge on any atom is 0.416 e. The number of allylic oxidation sites excluding steroid dienone is 3. The number of benzene rings is 1. The number of aromatic nitrogens is 1. The van der Waals surface area contributed by atoms with Gasteiger partial charge in [0, 0.05) is 35.8 Å². The van der Waals surface area contributed by atoms with Crippen LogP contribution in [0.5, 0.6) is 0 Å². The Morgan fingerprint density at radius 2 is 2.00 bits per heavy atom. The van der Waals surface area contributed by atoms with Crippen molar-refractivity contribution in [1.82, 2.24) is 4.98 Å². The van der Waals surface area contributed by atoms with Gasteiger partial charge in [-0.25, -0.2) is 0 Å². The summed E-state index contributed by atoms with van der Waals surface area (Å²) in [5.74, 6) is -0.796. The van der Waals surface area contributed by atoms with Crippen LogP contribution in [0.2, 0.25) is 0 Å². The second kappa shape index (κ2) is 7.34. The molecule has 8 heteroatoms. The van der Waals surface area contributed by atoms with Crippen molar-refractivity contribution in [2.24, 2.45) is 5.73 Å². The van der Waals surface area contributed by atoms with Gasteiger partial charge in [-0.05, 0) is 42.7 Å². The average molecular weight is 410 g/mol. The van der Waals surface area contributed by atoms with E-state index in [4.69, 9.17) is 5.73 Å². The highest BCUT2D eigenvalue weighted by molar-refractivity contribution is 6.01. The summed E-state index contributed by atoms with van der Waals surface area (Å²) in [5, 5.41) is 9.87. The first kappa shape index (κ1) is 19.7. The highest BCUT2D eigenvalue weighted by Gasteiger charge is 2.41. The summed E-state index contributed by atoms with van der Waals surface area (Å²) in [7, 11) is 0. The van der Waals surface area contributed by atoms with Crippen LogP contribution in [0.1, 0.15) is 36.3 Å². The lowest BCUT2D eigenvalue weighted by molar-refractivity contribution is -0.137. The molecule has 30 heavy (non-hydrogen) atoms. The van der Waals surface area contributed by atoms with Crippen molar-refractivity contribution < 1.29 is 18.0 Å². The molecule has 0 bridgehead atoms. The number of halogens is 3. The summed E-state index contributed by atoms with van der Waals surface area (Å²) in [6, 6.07) is 10.3. The van der Waals surface area contributed by atoms with Gasteiger partial charge in [-0.2, -0.15) is 18.4 Å². The molecule has 0 radical (unpaired) electrons. The van der Waals surface area contributed by atoms with E-state index in [-0.39, 0.29) is 22.9 Å². The quantitative estimate of drug-likeness (QED) is 0.793. The molecule has 0 spiro atoms. The first-order valence-corrected chi connectivity index (χ1v) is 9.36. The Hall–Kier alpha value is -3.60. The standard InChI is InChI=1S/C22H17F3N4O/c23-22(24,25)14-5-1-6-15(10-14)29-17-7-2-8-18(30)20(17)19(16(11-26)21(29)27)13-4-3-9-28-12-13/h1,3-6,9-10,12,19H,2,7-8,27H2. The summed E-state index contributed by atoms with van der Waals surface area (Å²) >= 11 is 0. The Bertz CT molecular complexity index is 1110. The van der Waals surface area contributed by atoms with Crippen LogP contribution in [-0.4, -0.2) is 10.8 Å². The molecule has 2 heterocycles. The molecule has 152 valence electrons. The molecule has 2 aromatic rings. The molecule has 1 aliphatic carbocycles. The van der Waals surface area contributed by atoms with E-state index in [1.54, 1.807) is 24.5 Å². The fourth-order valence-electron chi connectivity index (χ4n) is 4.08. The van der Waals surface area contributed by atoms with Gasteiger partial charge in [-0.15, -0.1) is 0 Å². The van der Waals surface area contributed by atoms with E-state index in [0.717, 1.165) is 12.1 Å². The number of hydrogen-bond donors (Lipinski definition) is 1. The SMILES string of the molecule is N#CC1=C(N)N(c2cccc(C(F)(F)F)c2)C2=C(C(=O)CCC2)C1c1cccnc1. The second-order valence-corrected chi connectivity index (χ2v) is 7.15. The summed E-state index contributed by atoms with van der Waals surface area (Å²) in [5.41, 5.74) is 7.38. The number of carbonyl (C=O) groups is 1. The second-order valence-electron chi connectivity index (χ2n) is 7.15. The fraction of sp³-hybridized carbons (Fsp3) is 0.227.